The van der Waals surface area contributed by atoms with E-state index in [0.717, 1.165) is 19.3 Å². The molecule has 1 rings (SSSR count). The van der Waals surface area contributed by atoms with E-state index in [9.17, 15) is 9.59 Å². The van der Waals surface area contributed by atoms with Crippen LogP contribution in [-0.2, 0) is 4.79 Å². The van der Waals surface area contributed by atoms with E-state index in [1.165, 1.54) is 0 Å². The van der Waals surface area contributed by atoms with Crippen LogP contribution in [0.2, 0.25) is 0 Å². The van der Waals surface area contributed by atoms with E-state index in [4.69, 9.17) is 10.2 Å². The Kier molecular flexibility index (Phi) is 5.40. The van der Waals surface area contributed by atoms with Crippen molar-refractivity contribution in [2.24, 2.45) is 11.8 Å². The van der Waals surface area contributed by atoms with Crippen molar-refractivity contribution in [3.8, 4) is 0 Å². The molecular weight excluding hydrogens is 236 g/mol. The number of aliphatic hydroxyl groups excluding tert-OH is 1. The number of rotatable bonds is 4. The topological polar surface area (TPSA) is 98.7 Å². The molecule has 3 unspecified atom stereocenters. The first-order chi connectivity index (χ1) is 8.40. The van der Waals surface area contributed by atoms with E-state index >= 15 is 0 Å². The Hall–Kier alpha value is -1.30. The molecule has 1 saturated carbocycles. The fourth-order valence-electron chi connectivity index (χ4n) is 2.38. The lowest BCUT2D eigenvalue weighted by atomic mass is 9.80. The van der Waals surface area contributed by atoms with E-state index in [-0.39, 0.29) is 12.6 Å². The number of amides is 2. The number of urea groups is 1. The third-order valence-electron chi connectivity index (χ3n) is 3.49. The summed E-state index contributed by atoms with van der Waals surface area (Å²) in [7, 11) is 0. The van der Waals surface area contributed by atoms with Gasteiger partial charge in [-0.25, -0.2) is 9.59 Å². The Balaban J connectivity index is 2.29. The van der Waals surface area contributed by atoms with Gasteiger partial charge in [-0.2, -0.15) is 0 Å². The van der Waals surface area contributed by atoms with E-state index in [0.29, 0.717) is 11.8 Å². The summed E-state index contributed by atoms with van der Waals surface area (Å²) in [6, 6.07) is -0.287. The highest BCUT2D eigenvalue weighted by atomic mass is 16.4. The second-order valence-corrected chi connectivity index (χ2v) is 5.21. The lowest BCUT2D eigenvalue weighted by Crippen LogP contribution is -2.49. The summed E-state index contributed by atoms with van der Waals surface area (Å²) in [5.74, 6) is -0.228. The number of carbonyl (C=O) groups is 2. The molecule has 104 valence electrons. The zero-order chi connectivity index (χ0) is 13.7. The monoisotopic (exact) mass is 258 g/mol. The van der Waals surface area contributed by atoms with Crippen molar-refractivity contribution in [1.82, 2.24) is 10.6 Å². The van der Waals surface area contributed by atoms with Crippen molar-refractivity contribution >= 4 is 12.0 Å². The Labute approximate surface area is 107 Å². The average molecular weight is 258 g/mol. The number of carbonyl (C=O) groups excluding carboxylic acids is 1. The number of hydrogen-bond acceptors (Lipinski definition) is 3. The van der Waals surface area contributed by atoms with Gasteiger partial charge in [-0.1, -0.05) is 13.8 Å². The molecule has 1 aliphatic rings. The molecule has 4 N–H and O–H groups in total. The predicted octanol–water partition coefficient (Wildman–Crippen LogP) is 0.556. The highest BCUT2D eigenvalue weighted by Gasteiger charge is 2.26. The second kappa shape index (κ2) is 6.58. The minimum Gasteiger partial charge on any atom is -0.479 e. The Morgan fingerprint density at radius 1 is 1.33 bits per heavy atom. The molecule has 0 heterocycles. The molecule has 0 radical (unpaired) electrons. The Bertz CT molecular complexity index is 308. The Morgan fingerprint density at radius 3 is 2.56 bits per heavy atom. The molecule has 0 aromatic heterocycles. The van der Waals surface area contributed by atoms with Gasteiger partial charge in [0.15, 0.2) is 6.10 Å². The molecule has 0 saturated heterocycles. The molecular formula is C12H22N2O4. The summed E-state index contributed by atoms with van der Waals surface area (Å²) < 4.78 is 0. The van der Waals surface area contributed by atoms with E-state index in [1.54, 1.807) is 0 Å². The molecule has 4 atom stereocenters. The van der Waals surface area contributed by atoms with Crippen LogP contribution in [0.5, 0.6) is 0 Å². The van der Waals surface area contributed by atoms with E-state index in [2.05, 4.69) is 24.5 Å². The molecule has 1 aliphatic carbocycles. The first-order valence-electron chi connectivity index (χ1n) is 6.35. The van der Waals surface area contributed by atoms with Gasteiger partial charge in [0.1, 0.15) is 0 Å². The molecule has 18 heavy (non-hydrogen) atoms. The summed E-state index contributed by atoms with van der Waals surface area (Å²) in [6.07, 6.45) is 1.56. The van der Waals surface area contributed by atoms with Crippen molar-refractivity contribution < 1.29 is 19.8 Å². The average Bonchev–Trinajstić information content (AvgIpc) is 2.29. The number of carboxylic acid groups (broad SMARTS) is 1. The molecule has 2 amide bonds. The van der Waals surface area contributed by atoms with E-state index < -0.39 is 18.1 Å². The number of carboxylic acids is 1. The number of nitrogens with one attached hydrogen (secondary N) is 2. The first kappa shape index (κ1) is 14.8. The summed E-state index contributed by atoms with van der Waals surface area (Å²) in [5, 5.41) is 22.7. The van der Waals surface area contributed by atoms with Gasteiger partial charge in [0.25, 0.3) is 0 Å². The number of hydrogen-bond donors (Lipinski definition) is 4. The van der Waals surface area contributed by atoms with Crippen LogP contribution in [0, 0.1) is 11.8 Å². The normalized spacial score (nSPS) is 29.4. The third-order valence-corrected chi connectivity index (χ3v) is 3.49. The van der Waals surface area contributed by atoms with Gasteiger partial charge in [-0.15, -0.1) is 0 Å². The van der Waals surface area contributed by atoms with Crippen LogP contribution >= 0.6 is 0 Å². The minimum atomic E-state index is -1.56. The van der Waals surface area contributed by atoms with Crippen LogP contribution in [0.3, 0.4) is 0 Å². The summed E-state index contributed by atoms with van der Waals surface area (Å²) >= 11 is 0. The third kappa shape index (κ3) is 4.52. The predicted molar refractivity (Wildman–Crippen MR) is 66.1 cm³/mol. The van der Waals surface area contributed by atoms with Crippen molar-refractivity contribution in [1.29, 1.82) is 0 Å². The molecule has 6 nitrogen and oxygen atoms in total. The number of aliphatic hydroxyl groups is 1. The zero-order valence-electron chi connectivity index (χ0n) is 10.8. The largest absolute Gasteiger partial charge is 0.479 e. The zero-order valence-corrected chi connectivity index (χ0v) is 10.8. The van der Waals surface area contributed by atoms with Crippen molar-refractivity contribution in [2.75, 3.05) is 6.54 Å². The maximum absolute atomic E-state index is 11.5. The SMILES string of the molecule is CC1CCC(NC(=O)NC[C@H](O)C(=O)O)C(C)C1. The summed E-state index contributed by atoms with van der Waals surface area (Å²) in [6.45, 7) is 4.03. The van der Waals surface area contributed by atoms with Crippen LogP contribution in [0.1, 0.15) is 33.1 Å². The van der Waals surface area contributed by atoms with Crippen molar-refractivity contribution in [2.45, 2.75) is 45.3 Å². The highest BCUT2D eigenvalue weighted by Crippen LogP contribution is 2.28. The molecule has 1 fully saturated rings. The van der Waals surface area contributed by atoms with Gasteiger partial charge in [0.2, 0.25) is 0 Å². The fraction of sp³-hybridized carbons (Fsp3) is 0.833. The maximum atomic E-state index is 11.5. The van der Waals surface area contributed by atoms with E-state index in [1.807, 2.05) is 0 Å². The van der Waals surface area contributed by atoms with Gasteiger partial charge >= 0.3 is 12.0 Å². The standard InChI is InChI=1S/C12H22N2O4/c1-7-3-4-9(8(2)5-7)14-12(18)13-6-10(15)11(16)17/h7-10,15H,3-6H2,1-2H3,(H,16,17)(H2,13,14,18)/t7?,8?,9?,10-/m0/s1. The fourth-order valence-corrected chi connectivity index (χ4v) is 2.38. The smallest absolute Gasteiger partial charge is 0.334 e. The number of aliphatic carboxylic acids is 1. The van der Waals surface area contributed by atoms with Crippen LogP contribution in [0.25, 0.3) is 0 Å². The minimum absolute atomic E-state index is 0.128. The molecule has 0 aliphatic heterocycles. The lowest BCUT2D eigenvalue weighted by Gasteiger charge is -2.33. The summed E-state index contributed by atoms with van der Waals surface area (Å²) in [5.41, 5.74) is 0. The quantitative estimate of drug-likeness (QED) is 0.592. The van der Waals surface area contributed by atoms with Crippen molar-refractivity contribution in [3.05, 3.63) is 0 Å². The lowest BCUT2D eigenvalue weighted by molar-refractivity contribution is -0.146. The molecule has 0 aromatic rings. The summed E-state index contributed by atoms with van der Waals surface area (Å²) in [4.78, 5) is 21.9. The highest BCUT2D eigenvalue weighted by molar-refractivity contribution is 5.76. The van der Waals surface area contributed by atoms with Crippen LogP contribution in [0.15, 0.2) is 0 Å². The van der Waals surface area contributed by atoms with Gasteiger partial charge < -0.3 is 20.8 Å². The first-order valence-corrected chi connectivity index (χ1v) is 6.35. The molecule has 0 spiro atoms. The van der Waals surface area contributed by atoms with Crippen LogP contribution in [-0.4, -0.2) is 40.9 Å². The van der Waals surface area contributed by atoms with Crippen LogP contribution in [0.4, 0.5) is 4.79 Å². The van der Waals surface area contributed by atoms with Gasteiger partial charge in [0.05, 0.1) is 6.54 Å². The molecule has 0 bridgehead atoms. The van der Waals surface area contributed by atoms with Gasteiger partial charge in [-0.05, 0) is 31.1 Å². The van der Waals surface area contributed by atoms with Crippen molar-refractivity contribution in [3.63, 3.8) is 0 Å². The van der Waals surface area contributed by atoms with Gasteiger partial charge in [0, 0.05) is 6.04 Å². The Morgan fingerprint density at radius 2 is 2.00 bits per heavy atom. The molecule has 0 aromatic carbocycles. The molecule has 6 heteroatoms. The maximum Gasteiger partial charge on any atom is 0.334 e. The second-order valence-electron chi connectivity index (χ2n) is 5.21. The van der Waals surface area contributed by atoms with Gasteiger partial charge in [-0.3, -0.25) is 0 Å². The van der Waals surface area contributed by atoms with Crippen LogP contribution < -0.4 is 10.6 Å².